The van der Waals surface area contributed by atoms with Crippen LogP contribution in [-0.2, 0) is 4.79 Å². The fourth-order valence-corrected chi connectivity index (χ4v) is 4.08. The molecule has 1 aliphatic rings. The molecule has 3 amide bonds. The van der Waals surface area contributed by atoms with E-state index in [1.54, 1.807) is 18.2 Å². The van der Waals surface area contributed by atoms with Gasteiger partial charge in [-0.3, -0.25) is 10.1 Å². The van der Waals surface area contributed by atoms with Gasteiger partial charge >= 0.3 is 6.03 Å². The van der Waals surface area contributed by atoms with Crippen molar-refractivity contribution in [2.45, 2.75) is 18.9 Å². The Bertz CT molecular complexity index is 1080. The molecule has 0 saturated carbocycles. The van der Waals surface area contributed by atoms with Crippen LogP contribution >= 0.6 is 22.9 Å². The van der Waals surface area contributed by atoms with E-state index >= 15 is 0 Å². The van der Waals surface area contributed by atoms with Crippen LogP contribution in [0.3, 0.4) is 0 Å². The summed E-state index contributed by atoms with van der Waals surface area (Å²) in [6.07, 6.45) is 1.19. The zero-order valence-electron chi connectivity index (χ0n) is 15.6. The highest BCUT2D eigenvalue weighted by Crippen LogP contribution is 2.28. The molecule has 1 aromatic heterocycles. The standard InChI is InChI=1S/C20H17ClFN5O2S/c21-13-9-7-12(8-10-13)18-25-26-19(30-18)24-17(28)16-6-3-11-27(16)20(29)23-15-5-2-1-4-14(15)22/h1-2,4-5,7-10,16H,3,6,11H2,(H,23,29)(H,24,26,28). The molecule has 2 heterocycles. The molecule has 7 nitrogen and oxygen atoms in total. The highest BCUT2D eigenvalue weighted by Gasteiger charge is 2.34. The highest BCUT2D eigenvalue weighted by atomic mass is 35.5. The second kappa shape index (κ2) is 8.76. The van der Waals surface area contributed by atoms with Crippen molar-refractivity contribution < 1.29 is 14.0 Å². The number of para-hydroxylation sites is 1. The van der Waals surface area contributed by atoms with E-state index in [4.69, 9.17) is 11.6 Å². The van der Waals surface area contributed by atoms with Gasteiger partial charge in [-0.1, -0.05) is 47.2 Å². The molecule has 3 aromatic rings. The minimum absolute atomic E-state index is 0.0743. The van der Waals surface area contributed by atoms with E-state index < -0.39 is 17.9 Å². The van der Waals surface area contributed by atoms with E-state index in [9.17, 15) is 14.0 Å². The predicted octanol–water partition coefficient (Wildman–Crippen LogP) is 4.63. The number of likely N-dealkylation sites (tertiary alicyclic amines) is 1. The Kier molecular flexibility index (Phi) is 5.91. The van der Waals surface area contributed by atoms with E-state index in [0.717, 1.165) is 5.56 Å². The summed E-state index contributed by atoms with van der Waals surface area (Å²) >= 11 is 7.12. The Hall–Kier alpha value is -3.04. The van der Waals surface area contributed by atoms with Crippen molar-refractivity contribution >= 4 is 45.7 Å². The fraction of sp³-hybridized carbons (Fsp3) is 0.200. The van der Waals surface area contributed by atoms with Crippen molar-refractivity contribution in [1.82, 2.24) is 15.1 Å². The Balaban J connectivity index is 1.42. The highest BCUT2D eigenvalue weighted by molar-refractivity contribution is 7.18. The molecule has 1 aliphatic heterocycles. The predicted molar refractivity (Wildman–Crippen MR) is 114 cm³/mol. The number of benzene rings is 2. The second-order valence-electron chi connectivity index (χ2n) is 6.67. The van der Waals surface area contributed by atoms with Gasteiger partial charge in [0.2, 0.25) is 11.0 Å². The third-order valence-electron chi connectivity index (χ3n) is 4.68. The number of nitrogens with one attached hydrogen (secondary N) is 2. The summed E-state index contributed by atoms with van der Waals surface area (Å²) in [6.45, 7) is 0.407. The number of aromatic nitrogens is 2. The van der Waals surface area contributed by atoms with Gasteiger partial charge in [0.05, 0.1) is 5.69 Å². The van der Waals surface area contributed by atoms with Gasteiger partial charge in [-0.15, -0.1) is 10.2 Å². The van der Waals surface area contributed by atoms with Crippen molar-refractivity contribution in [2.75, 3.05) is 17.2 Å². The van der Waals surface area contributed by atoms with Crippen molar-refractivity contribution in [1.29, 1.82) is 0 Å². The molecule has 1 saturated heterocycles. The molecule has 2 N–H and O–H groups in total. The lowest BCUT2D eigenvalue weighted by Crippen LogP contribution is -2.45. The summed E-state index contributed by atoms with van der Waals surface area (Å²) in [6, 6.07) is 11.9. The Morgan fingerprint density at radius 2 is 1.87 bits per heavy atom. The van der Waals surface area contributed by atoms with Crippen LogP contribution in [0.1, 0.15) is 12.8 Å². The number of amides is 3. The minimum atomic E-state index is -0.667. The normalized spacial score (nSPS) is 15.8. The van der Waals surface area contributed by atoms with Crippen LogP contribution in [0.4, 0.5) is 20.0 Å². The topological polar surface area (TPSA) is 87.2 Å². The second-order valence-corrected chi connectivity index (χ2v) is 8.08. The van der Waals surface area contributed by atoms with Crippen LogP contribution in [0, 0.1) is 5.82 Å². The van der Waals surface area contributed by atoms with Crippen LogP contribution in [0.2, 0.25) is 5.02 Å². The third-order valence-corrected chi connectivity index (χ3v) is 5.82. The third kappa shape index (κ3) is 4.42. The summed E-state index contributed by atoms with van der Waals surface area (Å²) in [4.78, 5) is 26.7. The van der Waals surface area contributed by atoms with Gasteiger partial charge in [0.25, 0.3) is 0 Å². The summed E-state index contributed by atoms with van der Waals surface area (Å²) in [5, 5.41) is 15.0. The number of hydrogen-bond donors (Lipinski definition) is 2. The molecule has 1 unspecified atom stereocenters. The van der Waals surface area contributed by atoms with Gasteiger partial charge in [-0.05, 0) is 37.1 Å². The summed E-state index contributed by atoms with van der Waals surface area (Å²) in [5.74, 6) is -0.885. The van der Waals surface area contributed by atoms with Gasteiger partial charge in [-0.25, -0.2) is 9.18 Å². The average molecular weight is 446 g/mol. The number of hydrogen-bond acceptors (Lipinski definition) is 5. The number of rotatable bonds is 4. The first-order chi connectivity index (χ1) is 14.5. The number of carbonyl (C=O) groups is 2. The molecular formula is C20H17ClFN5O2S. The summed E-state index contributed by atoms with van der Waals surface area (Å²) in [7, 11) is 0. The molecule has 2 aromatic carbocycles. The van der Waals surface area contributed by atoms with Crippen LogP contribution in [0.25, 0.3) is 10.6 Å². The van der Waals surface area contributed by atoms with Gasteiger partial charge < -0.3 is 10.2 Å². The Morgan fingerprint density at radius 1 is 1.10 bits per heavy atom. The Morgan fingerprint density at radius 3 is 2.63 bits per heavy atom. The zero-order chi connectivity index (χ0) is 21.1. The maximum Gasteiger partial charge on any atom is 0.322 e. The molecule has 0 aliphatic carbocycles. The van der Waals surface area contributed by atoms with Crippen LogP contribution in [-0.4, -0.2) is 39.6 Å². The molecule has 1 fully saturated rings. The Labute approximate surface area is 180 Å². The van der Waals surface area contributed by atoms with E-state index in [1.807, 2.05) is 12.1 Å². The van der Waals surface area contributed by atoms with Crippen LogP contribution in [0.5, 0.6) is 0 Å². The van der Waals surface area contributed by atoms with Crippen molar-refractivity contribution in [3.8, 4) is 10.6 Å². The number of halogens is 2. The molecule has 30 heavy (non-hydrogen) atoms. The fourth-order valence-electron chi connectivity index (χ4n) is 3.20. The maximum absolute atomic E-state index is 13.8. The van der Waals surface area contributed by atoms with Crippen molar-refractivity contribution in [3.05, 3.63) is 59.4 Å². The van der Waals surface area contributed by atoms with Gasteiger partial charge in [0.1, 0.15) is 16.9 Å². The first kappa shape index (κ1) is 20.2. The number of nitrogens with zero attached hydrogens (tertiary/aromatic N) is 3. The van der Waals surface area contributed by atoms with Crippen LogP contribution < -0.4 is 10.6 Å². The molecule has 0 spiro atoms. The molecule has 4 rings (SSSR count). The zero-order valence-corrected chi connectivity index (χ0v) is 17.2. The smallest absolute Gasteiger partial charge is 0.312 e. The monoisotopic (exact) mass is 445 g/mol. The van der Waals surface area contributed by atoms with Gasteiger partial charge in [-0.2, -0.15) is 0 Å². The van der Waals surface area contributed by atoms with E-state index in [1.165, 1.54) is 34.4 Å². The average Bonchev–Trinajstić information content (AvgIpc) is 3.40. The summed E-state index contributed by atoms with van der Waals surface area (Å²) < 4.78 is 13.8. The van der Waals surface area contributed by atoms with E-state index in [0.29, 0.717) is 34.5 Å². The van der Waals surface area contributed by atoms with Crippen molar-refractivity contribution in [2.24, 2.45) is 0 Å². The van der Waals surface area contributed by atoms with E-state index in [-0.39, 0.29) is 11.6 Å². The molecule has 1 atom stereocenters. The molecule has 154 valence electrons. The molecular weight excluding hydrogens is 429 g/mol. The maximum atomic E-state index is 13.8. The largest absolute Gasteiger partial charge is 0.322 e. The van der Waals surface area contributed by atoms with E-state index in [2.05, 4.69) is 20.8 Å². The lowest BCUT2D eigenvalue weighted by Gasteiger charge is -2.23. The van der Waals surface area contributed by atoms with Crippen molar-refractivity contribution in [3.63, 3.8) is 0 Å². The number of urea groups is 1. The quantitative estimate of drug-likeness (QED) is 0.612. The lowest BCUT2D eigenvalue weighted by atomic mass is 10.2. The molecule has 0 bridgehead atoms. The molecule has 0 radical (unpaired) electrons. The first-order valence-electron chi connectivity index (χ1n) is 9.24. The SMILES string of the molecule is O=C(Nc1nnc(-c2ccc(Cl)cc2)s1)C1CCCN1C(=O)Nc1ccccc1F. The number of anilines is 2. The van der Waals surface area contributed by atoms with Gasteiger partial charge in [0.15, 0.2) is 0 Å². The molecule has 10 heteroatoms. The lowest BCUT2D eigenvalue weighted by molar-refractivity contribution is -0.119. The number of carbonyl (C=O) groups excluding carboxylic acids is 2. The minimum Gasteiger partial charge on any atom is -0.312 e. The first-order valence-corrected chi connectivity index (χ1v) is 10.4. The van der Waals surface area contributed by atoms with Gasteiger partial charge in [0, 0.05) is 17.1 Å². The summed E-state index contributed by atoms with van der Waals surface area (Å²) in [5.41, 5.74) is 0.912. The van der Waals surface area contributed by atoms with Crippen LogP contribution in [0.15, 0.2) is 48.5 Å².